The lowest BCUT2D eigenvalue weighted by atomic mass is 10.1. The van der Waals surface area contributed by atoms with E-state index in [0.29, 0.717) is 34.8 Å². The summed E-state index contributed by atoms with van der Waals surface area (Å²) in [4.78, 5) is 32.8. The summed E-state index contributed by atoms with van der Waals surface area (Å²) in [6, 6.07) is 7.91. The molecule has 30 heavy (non-hydrogen) atoms. The Hall–Kier alpha value is -3.95. The van der Waals surface area contributed by atoms with Gasteiger partial charge in [0.2, 0.25) is 17.6 Å². The number of nitrogens with one attached hydrogen (secondary N) is 1. The van der Waals surface area contributed by atoms with Crippen LogP contribution in [0, 0.1) is 12.7 Å². The quantitative estimate of drug-likeness (QED) is 0.694. The first-order valence-electron chi connectivity index (χ1n) is 9.18. The maximum atomic E-state index is 13.6. The van der Waals surface area contributed by atoms with Crippen LogP contribution in [-0.2, 0) is 9.59 Å². The third-order valence-electron chi connectivity index (χ3n) is 4.45. The minimum Gasteiger partial charge on any atom is -0.332 e. The molecule has 9 nitrogen and oxygen atoms in total. The Morgan fingerprint density at radius 3 is 2.93 bits per heavy atom. The van der Waals surface area contributed by atoms with Crippen molar-refractivity contribution in [2.45, 2.75) is 19.8 Å². The van der Waals surface area contributed by atoms with Gasteiger partial charge in [0, 0.05) is 36.5 Å². The van der Waals surface area contributed by atoms with E-state index in [0.717, 1.165) is 5.01 Å². The summed E-state index contributed by atoms with van der Waals surface area (Å²) in [5.74, 6) is -0.715. The van der Waals surface area contributed by atoms with Gasteiger partial charge in [-0.3, -0.25) is 14.6 Å². The van der Waals surface area contributed by atoms with Gasteiger partial charge in [-0.25, -0.2) is 9.40 Å². The molecule has 2 aromatic heterocycles. The second kappa shape index (κ2) is 8.19. The fourth-order valence-electron chi connectivity index (χ4n) is 2.84. The van der Waals surface area contributed by atoms with Crippen LogP contribution in [0.25, 0.3) is 11.4 Å². The molecule has 3 aromatic rings. The Morgan fingerprint density at radius 2 is 2.17 bits per heavy atom. The summed E-state index contributed by atoms with van der Waals surface area (Å²) in [6.45, 7) is 1.31. The molecule has 0 radical (unpaired) electrons. The molecule has 10 heteroatoms. The van der Waals surface area contributed by atoms with Gasteiger partial charge >= 0.3 is 0 Å². The Morgan fingerprint density at radius 1 is 1.30 bits per heavy atom. The van der Waals surface area contributed by atoms with Gasteiger partial charge < -0.3 is 9.84 Å². The second-order valence-electron chi connectivity index (χ2n) is 6.68. The maximum absolute atomic E-state index is 13.6. The highest BCUT2D eigenvalue weighted by Gasteiger charge is 2.26. The van der Waals surface area contributed by atoms with Gasteiger partial charge in [-0.1, -0.05) is 11.2 Å². The largest absolute Gasteiger partial charge is 0.332 e. The molecular formula is C20H17FN6O3. The van der Waals surface area contributed by atoms with Crippen LogP contribution in [0.2, 0.25) is 0 Å². The molecule has 0 fully saturated rings. The number of aromatic nitrogens is 3. The lowest BCUT2D eigenvalue weighted by Gasteiger charge is -2.21. The van der Waals surface area contributed by atoms with E-state index in [1.165, 1.54) is 6.07 Å². The smallest absolute Gasteiger partial charge is 0.274 e. The molecule has 0 spiro atoms. The summed E-state index contributed by atoms with van der Waals surface area (Å²) in [7, 11) is 0. The Kier molecular flexibility index (Phi) is 5.29. The zero-order chi connectivity index (χ0) is 21.1. The van der Waals surface area contributed by atoms with Crippen LogP contribution in [0.15, 0.2) is 52.4 Å². The number of halogens is 1. The van der Waals surface area contributed by atoms with Crippen LogP contribution >= 0.6 is 0 Å². The van der Waals surface area contributed by atoms with E-state index in [9.17, 15) is 14.0 Å². The van der Waals surface area contributed by atoms with Crippen molar-refractivity contribution in [2.75, 3.05) is 11.9 Å². The van der Waals surface area contributed by atoms with Crippen molar-refractivity contribution in [3.63, 3.8) is 0 Å². The molecule has 1 aromatic carbocycles. The number of hydrogen-bond acceptors (Lipinski definition) is 7. The van der Waals surface area contributed by atoms with Crippen LogP contribution in [0.4, 0.5) is 10.1 Å². The van der Waals surface area contributed by atoms with Crippen molar-refractivity contribution in [3.05, 3.63) is 60.0 Å². The summed E-state index contributed by atoms with van der Waals surface area (Å²) in [6.07, 6.45) is 3.70. The van der Waals surface area contributed by atoms with E-state index in [1.54, 1.807) is 43.6 Å². The van der Waals surface area contributed by atoms with Gasteiger partial charge in [-0.2, -0.15) is 10.1 Å². The number of anilines is 1. The van der Waals surface area contributed by atoms with Gasteiger partial charge in [-0.05, 0) is 36.8 Å². The molecule has 0 unspecified atom stereocenters. The molecule has 4 rings (SSSR count). The number of nitrogens with zero attached hydrogens (tertiary/aromatic N) is 5. The van der Waals surface area contributed by atoms with Crippen LogP contribution in [-0.4, -0.2) is 44.2 Å². The molecule has 0 bridgehead atoms. The Balaban J connectivity index is 1.47. The number of hydrazone groups is 1. The lowest BCUT2D eigenvalue weighted by Crippen LogP contribution is -2.38. The molecule has 3 heterocycles. The Bertz CT molecular complexity index is 1130. The van der Waals surface area contributed by atoms with Crippen molar-refractivity contribution in [3.8, 4) is 11.4 Å². The predicted octanol–water partition coefficient (Wildman–Crippen LogP) is 2.54. The summed E-state index contributed by atoms with van der Waals surface area (Å²) < 4.78 is 18.9. The predicted molar refractivity (Wildman–Crippen MR) is 105 cm³/mol. The van der Waals surface area contributed by atoms with Crippen LogP contribution in [0.3, 0.4) is 0 Å². The number of amides is 2. The zero-order valence-electron chi connectivity index (χ0n) is 16.0. The minimum absolute atomic E-state index is 0.149. The van der Waals surface area contributed by atoms with E-state index < -0.39 is 11.7 Å². The average Bonchev–Trinajstić information content (AvgIpc) is 3.23. The normalized spacial score (nSPS) is 13.9. The maximum Gasteiger partial charge on any atom is 0.274 e. The van der Waals surface area contributed by atoms with E-state index in [2.05, 4.69) is 25.5 Å². The summed E-state index contributed by atoms with van der Waals surface area (Å²) in [5.41, 5.74) is 1.86. The fourth-order valence-corrected chi connectivity index (χ4v) is 2.84. The van der Waals surface area contributed by atoms with Gasteiger partial charge in [0.05, 0.1) is 0 Å². The third kappa shape index (κ3) is 4.22. The standard InChI is InChI=1S/C20H17FN6O3/c1-12-4-5-14(9-15(12)21)23-17(28)11-27-18(29)7-6-16(25-27)20-24-19(26-30-20)13-3-2-8-22-10-13/h2-5,8-10H,6-7,11H2,1H3,(H,23,28). The monoisotopic (exact) mass is 408 g/mol. The van der Waals surface area contributed by atoms with E-state index in [4.69, 9.17) is 4.52 Å². The number of aryl methyl sites for hydroxylation is 1. The summed E-state index contributed by atoms with van der Waals surface area (Å²) in [5, 5.41) is 11.7. The van der Waals surface area contributed by atoms with E-state index in [-0.39, 0.29) is 24.8 Å². The first-order chi connectivity index (χ1) is 14.5. The second-order valence-corrected chi connectivity index (χ2v) is 6.68. The van der Waals surface area contributed by atoms with Crippen molar-refractivity contribution in [1.29, 1.82) is 0 Å². The van der Waals surface area contributed by atoms with Crippen molar-refractivity contribution >= 4 is 23.2 Å². The molecule has 1 aliphatic heterocycles. The molecule has 1 N–H and O–H groups in total. The van der Waals surface area contributed by atoms with Gasteiger partial charge in [0.15, 0.2) is 0 Å². The van der Waals surface area contributed by atoms with Gasteiger partial charge in [0.25, 0.3) is 5.89 Å². The number of rotatable bonds is 5. The molecule has 1 aliphatic rings. The number of carbonyl (C=O) groups is 2. The number of pyridine rings is 1. The first-order valence-corrected chi connectivity index (χ1v) is 9.18. The summed E-state index contributed by atoms with van der Waals surface area (Å²) >= 11 is 0. The van der Waals surface area contributed by atoms with E-state index in [1.807, 2.05) is 0 Å². The number of carbonyl (C=O) groups excluding carboxylic acids is 2. The minimum atomic E-state index is -0.502. The SMILES string of the molecule is Cc1ccc(NC(=O)CN2N=C(c3nc(-c4cccnc4)no3)CCC2=O)cc1F. The lowest BCUT2D eigenvalue weighted by molar-refractivity contribution is -0.135. The van der Waals surface area contributed by atoms with Crippen molar-refractivity contribution < 1.29 is 18.5 Å². The zero-order valence-corrected chi connectivity index (χ0v) is 16.0. The van der Waals surface area contributed by atoms with Crippen LogP contribution in [0.5, 0.6) is 0 Å². The third-order valence-corrected chi connectivity index (χ3v) is 4.45. The average molecular weight is 408 g/mol. The highest BCUT2D eigenvalue weighted by atomic mass is 19.1. The van der Waals surface area contributed by atoms with E-state index >= 15 is 0 Å². The van der Waals surface area contributed by atoms with Crippen LogP contribution in [0.1, 0.15) is 24.3 Å². The molecule has 2 amide bonds. The molecule has 0 saturated carbocycles. The molecule has 0 saturated heterocycles. The van der Waals surface area contributed by atoms with Crippen molar-refractivity contribution in [2.24, 2.45) is 5.10 Å². The highest BCUT2D eigenvalue weighted by molar-refractivity contribution is 6.02. The van der Waals surface area contributed by atoms with Gasteiger partial charge in [0.1, 0.15) is 18.1 Å². The molecule has 0 aliphatic carbocycles. The Labute approximate surface area is 170 Å². The topological polar surface area (TPSA) is 114 Å². The van der Waals surface area contributed by atoms with Gasteiger partial charge in [-0.15, -0.1) is 0 Å². The fraction of sp³-hybridized carbons (Fsp3) is 0.200. The molecule has 0 atom stereocenters. The highest BCUT2D eigenvalue weighted by Crippen LogP contribution is 2.19. The first kappa shape index (κ1) is 19.4. The van der Waals surface area contributed by atoms with Crippen LogP contribution < -0.4 is 5.32 Å². The molecular weight excluding hydrogens is 391 g/mol. The number of benzene rings is 1. The van der Waals surface area contributed by atoms with Crippen molar-refractivity contribution in [1.82, 2.24) is 20.1 Å². The molecule has 152 valence electrons. The number of hydrogen-bond donors (Lipinski definition) is 1.